The van der Waals surface area contributed by atoms with Gasteiger partial charge in [0.05, 0.1) is 0 Å². The Morgan fingerprint density at radius 1 is 1.17 bits per heavy atom. The van der Waals surface area contributed by atoms with E-state index in [9.17, 15) is 0 Å². The highest BCUT2D eigenvalue weighted by Gasteiger charge is 2.13. The van der Waals surface area contributed by atoms with Gasteiger partial charge >= 0.3 is 0 Å². The zero-order valence-electron chi connectivity index (χ0n) is 11.9. The van der Waals surface area contributed by atoms with Crippen molar-refractivity contribution in [2.24, 2.45) is 0 Å². The lowest BCUT2D eigenvalue weighted by atomic mass is 9.90. The average molecular weight is 243 g/mol. The first kappa shape index (κ1) is 13.4. The zero-order chi connectivity index (χ0) is 13.0. The fraction of sp³-hybridized carbons (Fsp3) is 0.529. The van der Waals surface area contributed by atoms with Crippen LogP contribution in [0.5, 0.6) is 0 Å². The third kappa shape index (κ3) is 3.23. The summed E-state index contributed by atoms with van der Waals surface area (Å²) >= 11 is 0. The molecule has 0 spiro atoms. The minimum absolute atomic E-state index is 0.466. The van der Waals surface area contributed by atoms with Crippen molar-refractivity contribution >= 4 is 0 Å². The van der Waals surface area contributed by atoms with Gasteiger partial charge in [-0.05, 0) is 69.7 Å². The molecule has 1 atom stereocenters. The lowest BCUT2D eigenvalue weighted by Crippen LogP contribution is -2.17. The maximum Gasteiger partial charge on any atom is 0.0355 e. The molecule has 1 heteroatoms. The fourth-order valence-electron chi connectivity index (χ4n) is 2.72. The van der Waals surface area contributed by atoms with Crippen LogP contribution >= 0.6 is 0 Å². The van der Waals surface area contributed by atoms with E-state index in [1.807, 2.05) is 0 Å². The Bertz CT molecular complexity index is 431. The molecule has 0 saturated carbocycles. The molecule has 1 unspecified atom stereocenters. The van der Waals surface area contributed by atoms with Crippen molar-refractivity contribution < 1.29 is 0 Å². The molecule has 1 aliphatic carbocycles. The maximum absolute atomic E-state index is 3.47. The molecule has 18 heavy (non-hydrogen) atoms. The van der Waals surface area contributed by atoms with E-state index in [0.717, 1.165) is 0 Å². The Balaban J connectivity index is 2.12. The van der Waals surface area contributed by atoms with Gasteiger partial charge in [-0.3, -0.25) is 0 Å². The SMILES string of the molecule is CNC(CC1=CCCCC1)c1ccc(C)c(C)c1. The smallest absolute Gasteiger partial charge is 0.0355 e. The summed E-state index contributed by atoms with van der Waals surface area (Å²) < 4.78 is 0. The van der Waals surface area contributed by atoms with Crippen LogP contribution in [0.2, 0.25) is 0 Å². The fourth-order valence-corrected chi connectivity index (χ4v) is 2.72. The van der Waals surface area contributed by atoms with Gasteiger partial charge < -0.3 is 5.32 Å². The lowest BCUT2D eigenvalue weighted by Gasteiger charge is -2.21. The molecule has 0 amide bonds. The molecule has 1 aromatic rings. The second kappa shape index (κ2) is 6.19. The first-order valence-corrected chi connectivity index (χ1v) is 7.13. The standard InChI is InChI=1S/C17H25N/c1-13-9-10-16(11-14(13)2)17(18-3)12-15-7-5-4-6-8-15/h7,9-11,17-18H,4-6,8,12H2,1-3H3. The monoisotopic (exact) mass is 243 g/mol. The van der Waals surface area contributed by atoms with E-state index in [2.05, 4.69) is 50.5 Å². The number of aryl methyl sites for hydroxylation is 2. The summed E-state index contributed by atoms with van der Waals surface area (Å²) in [6.07, 6.45) is 8.93. The van der Waals surface area contributed by atoms with Gasteiger partial charge in [0.15, 0.2) is 0 Å². The third-order valence-corrected chi connectivity index (χ3v) is 4.13. The van der Waals surface area contributed by atoms with E-state index < -0.39 is 0 Å². The van der Waals surface area contributed by atoms with Crippen molar-refractivity contribution in [1.29, 1.82) is 0 Å². The molecule has 0 aromatic heterocycles. The molecule has 2 rings (SSSR count). The molecule has 1 N–H and O–H groups in total. The van der Waals surface area contributed by atoms with Crippen LogP contribution in [0.25, 0.3) is 0 Å². The highest BCUT2D eigenvalue weighted by molar-refractivity contribution is 5.32. The molecule has 1 aliphatic rings. The van der Waals surface area contributed by atoms with Crippen LogP contribution in [0, 0.1) is 13.8 Å². The highest BCUT2D eigenvalue weighted by atomic mass is 14.9. The molecular weight excluding hydrogens is 218 g/mol. The number of nitrogens with one attached hydrogen (secondary N) is 1. The van der Waals surface area contributed by atoms with Gasteiger partial charge in [-0.1, -0.05) is 29.8 Å². The van der Waals surface area contributed by atoms with Crippen molar-refractivity contribution in [1.82, 2.24) is 5.32 Å². The molecule has 1 aromatic carbocycles. The van der Waals surface area contributed by atoms with Gasteiger partial charge in [-0.25, -0.2) is 0 Å². The molecule has 0 radical (unpaired) electrons. The predicted octanol–water partition coefficient (Wildman–Crippen LogP) is 4.45. The van der Waals surface area contributed by atoms with Crippen LogP contribution in [-0.2, 0) is 0 Å². The lowest BCUT2D eigenvalue weighted by molar-refractivity contribution is 0.558. The molecule has 0 fully saturated rings. The minimum atomic E-state index is 0.466. The van der Waals surface area contributed by atoms with E-state index in [1.165, 1.54) is 48.8 Å². The van der Waals surface area contributed by atoms with Gasteiger partial charge in [0, 0.05) is 6.04 Å². The summed E-state index contributed by atoms with van der Waals surface area (Å²) in [6, 6.07) is 7.31. The highest BCUT2D eigenvalue weighted by Crippen LogP contribution is 2.28. The van der Waals surface area contributed by atoms with E-state index in [1.54, 1.807) is 5.57 Å². The van der Waals surface area contributed by atoms with E-state index >= 15 is 0 Å². The van der Waals surface area contributed by atoms with Gasteiger partial charge in [0.2, 0.25) is 0 Å². The van der Waals surface area contributed by atoms with Crippen LogP contribution in [0.4, 0.5) is 0 Å². The predicted molar refractivity (Wildman–Crippen MR) is 78.9 cm³/mol. The Kier molecular flexibility index (Phi) is 4.60. The summed E-state index contributed by atoms with van der Waals surface area (Å²) in [5, 5.41) is 3.47. The van der Waals surface area contributed by atoms with Crippen LogP contribution in [0.15, 0.2) is 29.8 Å². The van der Waals surface area contributed by atoms with Crippen molar-refractivity contribution in [2.45, 2.75) is 52.0 Å². The number of rotatable bonds is 4. The van der Waals surface area contributed by atoms with E-state index in [0.29, 0.717) is 6.04 Å². The second-order valence-corrected chi connectivity index (χ2v) is 5.50. The third-order valence-electron chi connectivity index (χ3n) is 4.13. The number of allylic oxidation sites excluding steroid dienone is 1. The molecular formula is C17H25N. The summed E-state index contributed by atoms with van der Waals surface area (Å²) in [4.78, 5) is 0. The molecule has 0 aliphatic heterocycles. The van der Waals surface area contributed by atoms with Crippen LogP contribution in [0.1, 0.15) is 54.8 Å². The minimum Gasteiger partial charge on any atom is -0.313 e. The van der Waals surface area contributed by atoms with Crippen molar-refractivity contribution in [3.8, 4) is 0 Å². The van der Waals surface area contributed by atoms with E-state index in [4.69, 9.17) is 0 Å². The summed E-state index contributed by atoms with van der Waals surface area (Å²) in [6.45, 7) is 4.38. The number of benzene rings is 1. The largest absolute Gasteiger partial charge is 0.313 e. The van der Waals surface area contributed by atoms with Crippen LogP contribution < -0.4 is 5.32 Å². The van der Waals surface area contributed by atoms with E-state index in [-0.39, 0.29) is 0 Å². The topological polar surface area (TPSA) is 12.0 Å². The number of hydrogen-bond donors (Lipinski definition) is 1. The first-order valence-electron chi connectivity index (χ1n) is 7.13. The molecule has 0 bridgehead atoms. The van der Waals surface area contributed by atoms with Crippen molar-refractivity contribution in [3.63, 3.8) is 0 Å². The molecule has 0 saturated heterocycles. The Labute approximate surface area is 111 Å². The summed E-state index contributed by atoms with van der Waals surface area (Å²) in [5.74, 6) is 0. The van der Waals surface area contributed by atoms with Crippen molar-refractivity contribution in [3.05, 3.63) is 46.5 Å². The van der Waals surface area contributed by atoms with Crippen LogP contribution in [0.3, 0.4) is 0 Å². The molecule has 98 valence electrons. The molecule has 1 nitrogen and oxygen atoms in total. The molecule has 0 heterocycles. The summed E-state index contributed by atoms with van der Waals surface area (Å²) in [7, 11) is 2.07. The van der Waals surface area contributed by atoms with Gasteiger partial charge in [-0.2, -0.15) is 0 Å². The average Bonchev–Trinajstić information content (AvgIpc) is 2.40. The Hall–Kier alpha value is -1.08. The first-order chi connectivity index (χ1) is 8.70. The van der Waals surface area contributed by atoms with Gasteiger partial charge in [0.1, 0.15) is 0 Å². The van der Waals surface area contributed by atoms with Crippen molar-refractivity contribution in [2.75, 3.05) is 7.05 Å². The number of hydrogen-bond acceptors (Lipinski definition) is 1. The Morgan fingerprint density at radius 3 is 2.61 bits per heavy atom. The summed E-state index contributed by atoms with van der Waals surface area (Å²) in [5.41, 5.74) is 5.83. The van der Waals surface area contributed by atoms with Crippen LogP contribution in [-0.4, -0.2) is 7.05 Å². The Morgan fingerprint density at radius 2 is 2.00 bits per heavy atom. The zero-order valence-corrected chi connectivity index (χ0v) is 11.9. The normalized spacial score (nSPS) is 17.4. The van der Waals surface area contributed by atoms with Gasteiger partial charge in [-0.15, -0.1) is 0 Å². The van der Waals surface area contributed by atoms with Gasteiger partial charge in [0.25, 0.3) is 0 Å². The maximum atomic E-state index is 3.47. The second-order valence-electron chi connectivity index (χ2n) is 5.50. The quantitative estimate of drug-likeness (QED) is 0.770.